The molecule has 0 aliphatic heterocycles. The van der Waals surface area contributed by atoms with Gasteiger partial charge >= 0.3 is 0 Å². The monoisotopic (exact) mass is 244 g/mol. The van der Waals surface area contributed by atoms with Crippen molar-refractivity contribution in [2.75, 3.05) is 0 Å². The first kappa shape index (κ1) is 11.5. The van der Waals surface area contributed by atoms with Crippen molar-refractivity contribution in [1.82, 2.24) is 5.43 Å². The summed E-state index contributed by atoms with van der Waals surface area (Å²) in [5, 5.41) is 5.78. The second-order valence-corrected chi connectivity index (χ2v) is 4.54. The molecule has 0 radical (unpaired) electrons. The van der Waals surface area contributed by atoms with Gasteiger partial charge in [0.05, 0.1) is 11.1 Å². The Morgan fingerprint density at radius 3 is 2.94 bits per heavy atom. The summed E-state index contributed by atoms with van der Waals surface area (Å²) >= 11 is 1.39. The van der Waals surface area contributed by atoms with Crippen LogP contribution < -0.4 is 5.43 Å². The van der Waals surface area contributed by atoms with Crippen LogP contribution >= 0.6 is 11.3 Å². The van der Waals surface area contributed by atoms with Gasteiger partial charge in [0.2, 0.25) is 0 Å². The van der Waals surface area contributed by atoms with E-state index in [-0.39, 0.29) is 5.91 Å². The van der Waals surface area contributed by atoms with Crippen molar-refractivity contribution in [3.05, 3.63) is 57.8 Å². The SMILES string of the molecule is Cc1cccc(/C=N\NC(=O)c2cccs2)c1. The lowest BCUT2D eigenvalue weighted by Crippen LogP contribution is -2.16. The molecule has 0 aliphatic carbocycles. The van der Waals surface area contributed by atoms with E-state index in [1.165, 1.54) is 16.9 Å². The Balaban J connectivity index is 1.96. The lowest BCUT2D eigenvalue weighted by molar-refractivity contribution is 0.0959. The van der Waals surface area contributed by atoms with Gasteiger partial charge in [-0.2, -0.15) is 5.10 Å². The molecule has 0 saturated carbocycles. The van der Waals surface area contributed by atoms with Crippen LogP contribution in [0.15, 0.2) is 46.9 Å². The highest BCUT2D eigenvalue weighted by molar-refractivity contribution is 7.12. The van der Waals surface area contributed by atoms with Gasteiger partial charge in [-0.15, -0.1) is 11.3 Å². The molecule has 86 valence electrons. The van der Waals surface area contributed by atoms with E-state index in [0.29, 0.717) is 4.88 Å². The summed E-state index contributed by atoms with van der Waals surface area (Å²) in [6.07, 6.45) is 1.64. The maximum Gasteiger partial charge on any atom is 0.281 e. The Hall–Kier alpha value is -1.94. The molecule has 0 atom stereocenters. The van der Waals surface area contributed by atoms with Crippen LogP contribution in [0.2, 0.25) is 0 Å². The molecule has 0 spiro atoms. The lowest BCUT2D eigenvalue weighted by atomic mass is 10.2. The summed E-state index contributed by atoms with van der Waals surface area (Å²) in [5.41, 5.74) is 4.63. The molecule has 1 aromatic heterocycles. The fourth-order valence-corrected chi connectivity index (χ4v) is 1.99. The zero-order valence-electron chi connectivity index (χ0n) is 9.38. The zero-order valence-corrected chi connectivity index (χ0v) is 10.2. The first-order valence-corrected chi connectivity index (χ1v) is 6.07. The smallest absolute Gasteiger partial charge is 0.266 e. The van der Waals surface area contributed by atoms with E-state index in [0.717, 1.165) is 5.56 Å². The molecule has 17 heavy (non-hydrogen) atoms. The van der Waals surface area contributed by atoms with Gasteiger partial charge in [-0.3, -0.25) is 4.79 Å². The number of hydrogen-bond donors (Lipinski definition) is 1. The van der Waals surface area contributed by atoms with Crippen molar-refractivity contribution in [2.24, 2.45) is 5.10 Å². The van der Waals surface area contributed by atoms with Gasteiger partial charge in [-0.25, -0.2) is 5.43 Å². The van der Waals surface area contributed by atoms with Gasteiger partial charge in [-0.1, -0.05) is 35.9 Å². The van der Waals surface area contributed by atoms with Crippen molar-refractivity contribution >= 4 is 23.5 Å². The van der Waals surface area contributed by atoms with E-state index in [2.05, 4.69) is 10.5 Å². The summed E-state index contributed by atoms with van der Waals surface area (Å²) in [4.78, 5) is 12.2. The molecule has 3 nitrogen and oxygen atoms in total. The van der Waals surface area contributed by atoms with Crippen LogP contribution in [0.4, 0.5) is 0 Å². The predicted octanol–water partition coefficient (Wildman–Crippen LogP) is 2.82. The van der Waals surface area contributed by atoms with Crippen molar-refractivity contribution in [3.8, 4) is 0 Å². The third-order valence-corrected chi connectivity index (χ3v) is 3.04. The number of hydrazone groups is 1. The molecule has 1 heterocycles. The number of aryl methyl sites for hydroxylation is 1. The number of rotatable bonds is 3. The number of carbonyl (C=O) groups excluding carboxylic acids is 1. The minimum atomic E-state index is -0.177. The molecule has 0 saturated heterocycles. The first-order valence-electron chi connectivity index (χ1n) is 5.19. The van der Waals surface area contributed by atoms with E-state index in [4.69, 9.17) is 0 Å². The van der Waals surface area contributed by atoms with Crippen molar-refractivity contribution in [1.29, 1.82) is 0 Å². The third kappa shape index (κ3) is 3.26. The van der Waals surface area contributed by atoms with Crippen LogP contribution in [0.25, 0.3) is 0 Å². The predicted molar refractivity (Wildman–Crippen MR) is 70.6 cm³/mol. The average Bonchev–Trinajstić information content (AvgIpc) is 2.82. The van der Waals surface area contributed by atoms with Crippen LogP contribution in [0.1, 0.15) is 20.8 Å². The Morgan fingerprint density at radius 1 is 1.35 bits per heavy atom. The van der Waals surface area contributed by atoms with E-state index in [9.17, 15) is 4.79 Å². The van der Waals surface area contributed by atoms with Crippen molar-refractivity contribution in [3.63, 3.8) is 0 Å². The maximum atomic E-state index is 11.5. The molecular weight excluding hydrogens is 232 g/mol. The lowest BCUT2D eigenvalue weighted by Gasteiger charge is -1.97. The summed E-state index contributed by atoms with van der Waals surface area (Å²) in [5.74, 6) is -0.177. The summed E-state index contributed by atoms with van der Waals surface area (Å²) < 4.78 is 0. The minimum absolute atomic E-state index is 0.177. The molecule has 2 aromatic rings. The van der Waals surface area contributed by atoms with Gasteiger partial charge < -0.3 is 0 Å². The van der Waals surface area contributed by atoms with Crippen LogP contribution in [-0.2, 0) is 0 Å². The number of benzene rings is 1. The standard InChI is InChI=1S/C13H12N2OS/c1-10-4-2-5-11(8-10)9-14-15-13(16)12-6-3-7-17-12/h2-9H,1H3,(H,15,16)/b14-9-. The molecule has 0 unspecified atom stereocenters. The Kier molecular flexibility index (Phi) is 3.67. The fourth-order valence-electron chi connectivity index (χ4n) is 1.38. The zero-order chi connectivity index (χ0) is 12.1. The summed E-state index contributed by atoms with van der Waals surface area (Å²) in [6, 6.07) is 11.5. The number of thiophene rings is 1. The van der Waals surface area contributed by atoms with Crippen molar-refractivity contribution in [2.45, 2.75) is 6.92 Å². The molecule has 0 bridgehead atoms. The molecule has 0 fully saturated rings. The van der Waals surface area contributed by atoms with Crippen LogP contribution in [0.5, 0.6) is 0 Å². The normalized spacial score (nSPS) is 10.6. The molecule has 0 aliphatic rings. The van der Waals surface area contributed by atoms with Crippen LogP contribution in [-0.4, -0.2) is 12.1 Å². The topological polar surface area (TPSA) is 41.5 Å². The van der Waals surface area contributed by atoms with Gasteiger partial charge in [-0.05, 0) is 23.9 Å². The Morgan fingerprint density at radius 2 is 2.24 bits per heavy atom. The third-order valence-electron chi connectivity index (χ3n) is 2.17. The molecule has 1 amide bonds. The molecule has 1 aromatic carbocycles. The second kappa shape index (κ2) is 5.41. The number of nitrogens with zero attached hydrogens (tertiary/aromatic N) is 1. The highest BCUT2D eigenvalue weighted by Gasteiger charge is 2.03. The van der Waals surface area contributed by atoms with Gasteiger partial charge in [0, 0.05) is 0 Å². The van der Waals surface area contributed by atoms with Gasteiger partial charge in [0.1, 0.15) is 0 Å². The minimum Gasteiger partial charge on any atom is -0.266 e. The quantitative estimate of drug-likeness (QED) is 0.654. The fraction of sp³-hybridized carbons (Fsp3) is 0.0769. The number of hydrogen-bond acceptors (Lipinski definition) is 3. The van der Waals surface area contributed by atoms with E-state index in [1.807, 2.05) is 42.6 Å². The first-order chi connectivity index (χ1) is 8.25. The van der Waals surface area contributed by atoms with Gasteiger partial charge in [0.15, 0.2) is 0 Å². The van der Waals surface area contributed by atoms with Gasteiger partial charge in [0.25, 0.3) is 5.91 Å². The number of amides is 1. The molecule has 2 rings (SSSR count). The van der Waals surface area contributed by atoms with E-state index >= 15 is 0 Å². The molecular formula is C13H12N2OS. The number of carbonyl (C=O) groups is 1. The number of nitrogens with one attached hydrogen (secondary N) is 1. The van der Waals surface area contributed by atoms with E-state index < -0.39 is 0 Å². The Labute approximate surface area is 104 Å². The van der Waals surface area contributed by atoms with Crippen LogP contribution in [0.3, 0.4) is 0 Å². The Bertz CT molecular complexity index is 532. The highest BCUT2D eigenvalue weighted by Crippen LogP contribution is 2.07. The van der Waals surface area contributed by atoms with E-state index in [1.54, 1.807) is 12.3 Å². The maximum absolute atomic E-state index is 11.5. The molecule has 4 heteroatoms. The average molecular weight is 244 g/mol. The largest absolute Gasteiger partial charge is 0.281 e. The second-order valence-electron chi connectivity index (χ2n) is 3.59. The molecule has 1 N–H and O–H groups in total. The summed E-state index contributed by atoms with van der Waals surface area (Å²) in [6.45, 7) is 2.02. The highest BCUT2D eigenvalue weighted by atomic mass is 32.1. The van der Waals surface area contributed by atoms with Crippen molar-refractivity contribution < 1.29 is 4.79 Å². The summed E-state index contributed by atoms with van der Waals surface area (Å²) in [7, 11) is 0. The van der Waals surface area contributed by atoms with Crippen LogP contribution in [0, 0.1) is 6.92 Å².